The third-order valence-corrected chi connectivity index (χ3v) is 8.04. The molecule has 1 fully saturated rings. The summed E-state index contributed by atoms with van der Waals surface area (Å²) in [6, 6.07) is 28.4. The number of hydrogen-bond acceptors (Lipinski definition) is 4. The van der Waals surface area contributed by atoms with Gasteiger partial charge >= 0.3 is 0 Å². The van der Waals surface area contributed by atoms with Gasteiger partial charge in [-0.05, 0) is 28.8 Å². The zero-order chi connectivity index (χ0) is 24.8. The molecule has 1 aliphatic rings. The molecule has 0 atom stereocenters. The van der Waals surface area contributed by atoms with Crippen molar-refractivity contribution >= 4 is 31.9 Å². The summed E-state index contributed by atoms with van der Waals surface area (Å²) in [7, 11) is -3.54. The molecule has 6 nitrogen and oxygen atoms in total. The molecule has 0 spiro atoms. The lowest BCUT2D eigenvalue weighted by Crippen LogP contribution is -2.52. The minimum atomic E-state index is -3.54. The standard InChI is InChI=1S/C27H30BrN3O3S/c1-35(33,34)31(20-22-12-14-25(28)15-13-22)21-26(32)29-16-18-30(19-17-29)27(23-8-4-2-5-9-23)24-10-6-3-7-11-24/h2-15,27H,16-21H2,1H3. The smallest absolute Gasteiger partial charge is 0.237 e. The summed E-state index contributed by atoms with van der Waals surface area (Å²) in [5.74, 6) is -0.164. The first-order chi connectivity index (χ1) is 16.8. The van der Waals surface area contributed by atoms with Gasteiger partial charge in [0.05, 0.1) is 18.8 Å². The molecule has 184 valence electrons. The van der Waals surface area contributed by atoms with Crippen molar-refractivity contribution in [3.05, 3.63) is 106 Å². The fourth-order valence-electron chi connectivity index (χ4n) is 4.45. The number of amides is 1. The van der Waals surface area contributed by atoms with Gasteiger partial charge in [0.25, 0.3) is 0 Å². The van der Waals surface area contributed by atoms with Crippen LogP contribution in [0, 0.1) is 0 Å². The number of nitrogens with zero attached hydrogens (tertiary/aromatic N) is 3. The van der Waals surface area contributed by atoms with Crippen LogP contribution < -0.4 is 0 Å². The Bertz CT molecular complexity index is 1170. The van der Waals surface area contributed by atoms with Gasteiger partial charge in [-0.2, -0.15) is 4.31 Å². The van der Waals surface area contributed by atoms with Crippen LogP contribution in [-0.4, -0.2) is 67.4 Å². The van der Waals surface area contributed by atoms with Crippen molar-refractivity contribution in [2.45, 2.75) is 12.6 Å². The quantitative estimate of drug-likeness (QED) is 0.419. The predicted octanol–water partition coefficient (Wildman–Crippen LogP) is 4.14. The van der Waals surface area contributed by atoms with E-state index >= 15 is 0 Å². The van der Waals surface area contributed by atoms with E-state index in [1.165, 1.54) is 15.4 Å². The van der Waals surface area contributed by atoms with Gasteiger partial charge in [-0.3, -0.25) is 9.69 Å². The van der Waals surface area contributed by atoms with Crippen LogP contribution in [0.25, 0.3) is 0 Å². The molecule has 3 aromatic carbocycles. The third kappa shape index (κ3) is 6.79. The van der Waals surface area contributed by atoms with E-state index in [9.17, 15) is 13.2 Å². The van der Waals surface area contributed by atoms with Crippen LogP contribution in [0.3, 0.4) is 0 Å². The Hall–Kier alpha value is -2.52. The fourth-order valence-corrected chi connectivity index (χ4v) is 5.44. The van der Waals surface area contributed by atoms with E-state index in [4.69, 9.17) is 0 Å². The van der Waals surface area contributed by atoms with Gasteiger partial charge in [0.1, 0.15) is 0 Å². The molecule has 0 saturated carbocycles. The zero-order valence-electron chi connectivity index (χ0n) is 19.8. The van der Waals surface area contributed by atoms with Crippen LogP contribution in [0.2, 0.25) is 0 Å². The summed E-state index contributed by atoms with van der Waals surface area (Å²) in [4.78, 5) is 17.3. The number of sulfonamides is 1. The Labute approximate surface area is 216 Å². The average Bonchev–Trinajstić information content (AvgIpc) is 2.86. The van der Waals surface area contributed by atoms with Crippen LogP contribution in [0.5, 0.6) is 0 Å². The number of hydrogen-bond donors (Lipinski definition) is 0. The molecular weight excluding hydrogens is 526 g/mol. The molecule has 3 aromatic rings. The highest BCUT2D eigenvalue weighted by molar-refractivity contribution is 9.10. The molecule has 0 N–H and O–H groups in total. The maximum Gasteiger partial charge on any atom is 0.237 e. The van der Waals surface area contributed by atoms with Gasteiger partial charge in [0.2, 0.25) is 15.9 Å². The molecular formula is C27H30BrN3O3S. The first kappa shape index (κ1) is 25.6. The van der Waals surface area contributed by atoms with E-state index in [2.05, 4.69) is 69.4 Å². The monoisotopic (exact) mass is 555 g/mol. The van der Waals surface area contributed by atoms with E-state index in [-0.39, 0.29) is 25.0 Å². The van der Waals surface area contributed by atoms with Gasteiger partial charge in [-0.1, -0.05) is 88.7 Å². The fraction of sp³-hybridized carbons (Fsp3) is 0.296. The maximum absolute atomic E-state index is 13.1. The highest BCUT2D eigenvalue weighted by Gasteiger charge is 2.30. The topological polar surface area (TPSA) is 60.9 Å². The Balaban J connectivity index is 1.43. The van der Waals surface area contributed by atoms with Gasteiger partial charge in [0, 0.05) is 37.2 Å². The zero-order valence-corrected chi connectivity index (χ0v) is 22.2. The van der Waals surface area contributed by atoms with Crippen LogP contribution in [0.4, 0.5) is 0 Å². The second-order valence-electron chi connectivity index (χ2n) is 8.80. The van der Waals surface area contributed by atoms with Crippen LogP contribution in [0.15, 0.2) is 89.4 Å². The van der Waals surface area contributed by atoms with Crippen molar-refractivity contribution in [2.24, 2.45) is 0 Å². The summed E-state index contributed by atoms with van der Waals surface area (Å²) >= 11 is 3.39. The normalized spacial score (nSPS) is 15.0. The average molecular weight is 557 g/mol. The number of benzene rings is 3. The van der Waals surface area contributed by atoms with Crippen LogP contribution in [-0.2, 0) is 21.4 Å². The summed E-state index contributed by atoms with van der Waals surface area (Å²) < 4.78 is 27.0. The minimum Gasteiger partial charge on any atom is -0.339 e. The molecule has 4 rings (SSSR count). The number of piperazine rings is 1. The number of rotatable bonds is 8. The first-order valence-corrected chi connectivity index (χ1v) is 14.3. The summed E-state index contributed by atoms with van der Waals surface area (Å²) in [5, 5.41) is 0. The van der Waals surface area contributed by atoms with Gasteiger partial charge in [0.15, 0.2) is 0 Å². The second-order valence-corrected chi connectivity index (χ2v) is 11.7. The maximum atomic E-state index is 13.1. The molecule has 8 heteroatoms. The van der Waals surface area contributed by atoms with Gasteiger partial charge < -0.3 is 4.90 Å². The molecule has 1 aliphatic heterocycles. The minimum absolute atomic E-state index is 0.111. The molecule has 0 aromatic heterocycles. The lowest BCUT2D eigenvalue weighted by Gasteiger charge is -2.40. The lowest BCUT2D eigenvalue weighted by molar-refractivity contribution is -0.133. The Morgan fingerprint density at radius 3 is 1.86 bits per heavy atom. The first-order valence-electron chi connectivity index (χ1n) is 11.6. The molecule has 35 heavy (non-hydrogen) atoms. The van der Waals surface area contributed by atoms with Crippen molar-refractivity contribution in [1.82, 2.24) is 14.1 Å². The largest absolute Gasteiger partial charge is 0.339 e. The highest BCUT2D eigenvalue weighted by atomic mass is 79.9. The van der Waals surface area contributed by atoms with Crippen molar-refractivity contribution in [1.29, 1.82) is 0 Å². The molecule has 1 amide bonds. The highest BCUT2D eigenvalue weighted by Crippen LogP contribution is 2.29. The number of carbonyl (C=O) groups excluding carboxylic acids is 1. The summed E-state index contributed by atoms with van der Waals surface area (Å²) in [6.45, 7) is 2.56. The van der Waals surface area contributed by atoms with Gasteiger partial charge in [-0.15, -0.1) is 0 Å². The molecule has 0 bridgehead atoms. The molecule has 0 aliphatic carbocycles. The second kappa shape index (κ2) is 11.5. The van der Waals surface area contributed by atoms with Crippen molar-refractivity contribution in [2.75, 3.05) is 39.0 Å². The molecule has 0 radical (unpaired) electrons. The van der Waals surface area contributed by atoms with E-state index in [1.807, 2.05) is 36.4 Å². The predicted molar refractivity (Wildman–Crippen MR) is 142 cm³/mol. The van der Waals surface area contributed by atoms with Crippen molar-refractivity contribution in [3.8, 4) is 0 Å². The van der Waals surface area contributed by atoms with Crippen molar-refractivity contribution in [3.63, 3.8) is 0 Å². The number of halogens is 1. The Morgan fingerprint density at radius 2 is 1.37 bits per heavy atom. The number of carbonyl (C=O) groups is 1. The SMILES string of the molecule is CS(=O)(=O)N(CC(=O)N1CCN(C(c2ccccc2)c2ccccc2)CC1)Cc1ccc(Br)cc1. The van der Waals surface area contributed by atoms with Crippen molar-refractivity contribution < 1.29 is 13.2 Å². The van der Waals surface area contributed by atoms with Crippen LogP contribution >= 0.6 is 15.9 Å². The Morgan fingerprint density at radius 1 is 0.857 bits per heavy atom. The molecule has 1 heterocycles. The summed E-state index contributed by atoms with van der Waals surface area (Å²) in [5.41, 5.74) is 3.28. The van der Waals surface area contributed by atoms with E-state index in [0.29, 0.717) is 26.2 Å². The Kier molecular flexibility index (Phi) is 8.38. The molecule has 1 saturated heterocycles. The van der Waals surface area contributed by atoms with E-state index in [1.54, 1.807) is 4.90 Å². The van der Waals surface area contributed by atoms with E-state index in [0.717, 1.165) is 16.3 Å². The summed E-state index contributed by atoms with van der Waals surface area (Å²) in [6.07, 6.45) is 1.15. The third-order valence-electron chi connectivity index (χ3n) is 6.32. The lowest BCUT2D eigenvalue weighted by atomic mass is 9.96. The van der Waals surface area contributed by atoms with Gasteiger partial charge in [-0.25, -0.2) is 8.42 Å². The van der Waals surface area contributed by atoms with E-state index < -0.39 is 10.0 Å². The van der Waals surface area contributed by atoms with Crippen LogP contribution in [0.1, 0.15) is 22.7 Å². The molecule has 0 unspecified atom stereocenters.